The summed E-state index contributed by atoms with van der Waals surface area (Å²) in [7, 11) is 2.05. The normalized spacial score (nSPS) is 15.8. The summed E-state index contributed by atoms with van der Waals surface area (Å²) in [5.41, 5.74) is 4.99. The van der Waals surface area contributed by atoms with E-state index in [1.54, 1.807) is 4.90 Å². The molecular formula is C24H27N3O2. The van der Waals surface area contributed by atoms with Gasteiger partial charge in [0.25, 0.3) is 5.91 Å². The maximum absolute atomic E-state index is 13.2. The maximum Gasteiger partial charge on any atom is 0.255 e. The van der Waals surface area contributed by atoms with Crippen molar-refractivity contribution in [2.75, 3.05) is 13.1 Å². The van der Waals surface area contributed by atoms with Crippen LogP contribution in [0.15, 0.2) is 48.5 Å². The van der Waals surface area contributed by atoms with Crippen molar-refractivity contribution in [3.63, 3.8) is 0 Å². The van der Waals surface area contributed by atoms with Gasteiger partial charge in [-0.1, -0.05) is 49.7 Å². The zero-order valence-electron chi connectivity index (χ0n) is 17.2. The number of carbonyl (C=O) groups excluding carboxylic acids is 2. The molecular weight excluding hydrogens is 362 g/mol. The summed E-state index contributed by atoms with van der Waals surface area (Å²) < 4.78 is 2.16. The van der Waals surface area contributed by atoms with Crippen molar-refractivity contribution in [1.29, 1.82) is 0 Å². The summed E-state index contributed by atoms with van der Waals surface area (Å²) in [5.74, 6) is -0.189. The Balaban J connectivity index is 1.80. The number of aryl methyl sites for hydroxylation is 1. The molecule has 1 atom stereocenters. The summed E-state index contributed by atoms with van der Waals surface area (Å²) in [6.07, 6.45) is 1.96. The van der Waals surface area contributed by atoms with Crippen LogP contribution in [-0.2, 0) is 11.8 Å². The van der Waals surface area contributed by atoms with Gasteiger partial charge in [-0.3, -0.25) is 9.59 Å². The van der Waals surface area contributed by atoms with Crippen LogP contribution in [0.5, 0.6) is 0 Å². The van der Waals surface area contributed by atoms with Crippen molar-refractivity contribution in [3.05, 3.63) is 70.9 Å². The minimum Gasteiger partial charge on any atom is -0.355 e. The number of unbranched alkanes of at least 4 members (excludes halogenated alkanes) is 1. The van der Waals surface area contributed by atoms with Crippen LogP contribution >= 0.6 is 0 Å². The molecule has 2 aromatic carbocycles. The predicted molar refractivity (Wildman–Crippen MR) is 115 cm³/mol. The maximum atomic E-state index is 13.2. The molecule has 1 aliphatic heterocycles. The predicted octanol–water partition coefficient (Wildman–Crippen LogP) is 3.95. The Bertz CT molecular complexity index is 1080. The molecule has 1 aromatic heterocycles. The van der Waals surface area contributed by atoms with Crippen molar-refractivity contribution in [3.8, 4) is 0 Å². The molecule has 0 radical (unpaired) electrons. The van der Waals surface area contributed by atoms with Gasteiger partial charge in [-0.25, -0.2) is 0 Å². The van der Waals surface area contributed by atoms with Crippen molar-refractivity contribution in [1.82, 2.24) is 14.8 Å². The van der Waals surface area contributed by atoms with Gasteiger partial charge in [0.1, 0.15) is 6.54 Å². The lowest BCUT2D eigenvalue weighted by atomic mass is 9.95. The molecule has 2 heterocycles. The third-order valence-electron chi connectivity index (χ3n) is 5.95. The van der Waals surface area contributed by atoms with E-state index in [-0.39, 0.29) is 24.4 Å². The number of hydrogen-bond donors (Lipinski definition) is 1. The second-order valence-corrected chi connectivity index (χ2v) is 7.70. The van der Waals surface area contributed by atoms with Crippen molar-refractivity contribution in [2.45, 2.75) is 32.7 Å². The fraction of sp³-hybridized carbons (Fsp3) is 0.333. The molecule has 2 amide bonds. The van der Waals surface area contributed by atoms with Gasteiger partial charge in [0.05, 0.1) is 6.04 Å². The van der Waals surface area contributed by atoms with Crippen molar-refractivity contribution < 1.29 is 9.59 Å². The van der Waals surface area contributed by atoms with Crippen LogP contribution in [0.25, 0.3) is 10.9 Å². The van der Waals surface area contributed by atoms with Gasteiger partial charge in [-0.2, -0.15) is 0 Å². The minimum absolute atomic E-state index is 0.0601. The highest BCUT2D eigenvalue weighted by molar-refractivity contribution is 6.02. The van der Waals surface area contributed by atoms with Crippen LogP contribution < -0.4 is 5.32 Å². The molecule has 0 saturated heterocycles. The monoisotopic (exact) mass is 389 g/mol. The highest BCUT2D eigenvalue weighted by atomic mass is 16.2. The lowest BCUT2D eigenvalue weighted by Gasteiger charge is -2.26. The van der Waals surface area contributed by atoms with E-state index >= 15 is 0 Å². The Kier molecular flexibility index (Phi) is 5.14. The topological polar surface area (TPSA) is 54.3 Å². The standard InChI is InChI=1S/C24H27N3O2/c1-4-5-14-25-21(28)15-27-23(17-10-6-7-11-18(17)24(27)29)22-16(2)26(3)20-13-9-8-12-19(20)22/h6-13,23H,4-5,14-15H2,1-3H3,(H,25,28)/t23-/m1/s1. The molecule has 0 spiro atoms. The van der Waals surface area contributed by atoms with E-state index in [4.69, 9.17) is 0 Å². The smallest absolute Gasteiger partial charge is 0.255 e. The van der Waals surface area contributed by atoms with Crippen molar-refractivity contribution >= 4 is 22.7 Å². The molecule has 0 bridgehead atoms. The summed E-state index contributed by atoms with van der Waals surface area (Å²) in [6, 6.07) is 15.7. The van der Waals surface area contributed by atoms with Gasteiger partial charge in [-0.15, -0.1) is 0 Å². The third-order valence-corrected chi connectivity index (χ3v) is 5.95. The van der Waals surface area contributed by atoms with Gasteiger partial charge in [0.2, 0.25) is 5.91 Å². The van der Waals surface area contributed by atoms with Gasteiger partial charge in [0.15, 0.2) is 0 Å². The number of fused-ring (bicyclic) bond motifs is 2. The fourth-order valence-electron chi connectivity index (χ4n) is 4.35. The zero-order chi connectivity index (χ0) is 20.5. The first-order valence-corrected chi connectivity index (χ1v) is 10.2. The lowest BCUT2D eigenvalue weighted by Crippen LogP contribution is -2.40. The van der Waals surface area contributed by atoms with E-state index in [0.29, 0.717) is 12.1 Å². The molecule has 29 heavy (non-hydrogen) atoms. The van der Waals surface area contributed by atoms with E-state index in [9.17, 15) is 9.59 Å². The molecule has 4 rings (SSSR count). The van der Waals surface area contributed by atoms with Crippen LogP contribution in [0, 0.1) is 6.92 Å². The Morgan fingerprint density at radius 2 is 1.83 bits per heavy atom. The first kappa shape index (κ1) is 19.2. The lowest BCUT2D eigenvalue weighted by molar-refractivity contribution is -0.122. The van der Waals surface area contributed by atoms with E-state index < -0.39 is 0 Å². The molecule has 0 unspecified atom stereocenters. The number of benzene rings is 2. The first-order valence-electron chi connectivity index (χ1n) is 10.2. The molecule has 5 heteroatoms. The number of rotatable bonds is 6. The Hall–Kier alpha value is -3.08. The Morgan fingerprint density at radius 3 is 2.62 bits per heavy atom. The average molecular weight is 389 g/mol. The number of nitrogens with zero attached hydrogens (tertiary/aromatic N) is 2. The van der Waals surface area contributed by atoms with E-state index in [1.165, 1.54) is 0 Å². The van der Waals surface area contributed by atoms with E-state index in [0.717, 1.165) is 40.6 Å². The van der Waals surface area contributed by atoms with Crippen LogP contribution in [0.3, 0.4) is 0 Å². The zero-order valence-corrected chi connectivity index (χ0v) is 17.2. The average Bonchev–Trinajstić information content (AvgIpc) is 3.14. The molecule has 3 aromatic rings. The van der Waals surface area contributed by atoms with E-state index in [1.807, 2.05) is 43.4 Å². The number of aromatic nitrogens is 1. The summed E-state index contributed by atoms with van der Waals surface area (Å²) in [6.45, 7) is 4.87. The molecule has 0 saturated carbocycles. The fourth-order valence-corrected chi connectivity index (χ4v) is 4.35. The third kappa shape index (κ3) is 3.20. The quantitative estimate of drug-likeness (QED) is 0.649. The second-order valence-electron chi connectivity index (χ2n) is 7.70. The number of amides is 2. The van der Waals surface area contributed by atoms with Gasteiger partial charge in [0, 0.05) is 41.3 Å². The molecule has 1 N–H and O–H groups in total. The molecule has 5 nitrogen and oxygen atoms in total. The minimum atomic E-state index is -0.262. The van der Waals surface area contributed by atoms with Gasteiger partial charge < -0.3 is 14.8 Å². The SMILES string of the molecule is CCCCNC(=O)CN1C(=O)c2ccccc2[C@@H]1c1c(C)n(C)c2ccccc12. The molecule has 150 valence electrons. The Morgan fingerprint density at radius 1 is 1.10 bits per heavy atom. The number of para-hydroxylation sites is 1. The largest absolute Gasteiger partial charge is 0.355 e. The highest BCUT2D eigenvalue weighted by Gasteiger charge is 2.40. The summed E-state index contributed by atoms with van der Waals surface area (Å²) in [4.78, 5) is 27.6. The van der Waals surface area contributed by atoms with Crippen LogP contribution in [0.1, 0.15) is 53.0 Å². The number of nitrogens with one attached hydrogen (secondary N) is 1. The second kappa shape index (κ2) is 7.74. The Labute approximate surface area is 171 Å². The number of carbonyl (C=O) groups is 2. The first-order chi connectivity index (χ1) is 14.0. The van der Waals surface area contributed by atoms with E-state index in [2.05, 4.69) is 35.9 Å². The number of hydrogen-bond acceptors (Lipinski definition) is 2. The molecule has 1 aliphatic rings. The summed E-state index contributed by atoms with van der Waals surface area (Å²) >= 11 is 0. The van der Waals surface area contributed by atoms with Crippen LogP contribution in [-0.4, -0.2) is 34.4 Å². The summed E-state index contributed by atoms with van der Waals surface area (Å²) in [5, 5.41) is 4.07. The van der Waals surface area contributed by atoms with Gasteiger partial charge in [-0.05, 0) is 31.0 Å². The molecule has 0 fully saturated rings. The highest BCUT2D eigenvalue weighted by Crippen LogP contribution is 2.43. The van der Waals surface area contributed by atoms with Gasteiger partial charge >= 0.3 is 0 Å². The van der Waals surface area contributed by atoms with Crippen molar-refractivity contribution in [2.24, 2.45) is 7.05 Å². The van der Waals surface area contributed by atoms with Crippen LogP contribution in [0.2, 0.25) is 0 Å². The van der Waals surface area contributed by atoms with Crippen LogP contribution in [0.4, 0.5) is 0 Å². The molecule has 0 aliphatic carbocycles.